The third-order valence-electron chi connectivity index (χ3n) is 8.06. The lowest BCUT2D eigenvalue weighted by Crippen LogP contribution is -3.00. The van der Waals surface area contributed by atoms with Crippen LogP contribution in [0.25, 0.3) is 0 Å². The molecule has 1 unspecified atom stereocenters. The van der Waals surface area contributed by atoms with Crippen LogP contribution < -0.4 is 22.3 Å². The molecule has 1 aliphatic carbocycles. The molecule has 0 aromatic carbocycles. The highest BCUT2D eigenvalue weighted by molar-refractivity contribution is 5.89. The highest BCUT2D eigenvalue weighted by atomic mass is 79.9. The van der Waals surface area contributed by atoms with Crippen molar-refractivity contribution in [2.75, 3.05) is 31.5 Å². The second-order valence-corrected chi connectivity index (χ2v) is 10.1. The lowest BCUT2D eigenvalue weighted by molar-refractivity contribution is -0.939. The molecule has 2 N–H and O–H groups in total. The Morgan fingerprint density at radius 2 is 1.86 bits per heavy atom. The number of furan rings is 1. The molecule has 35 heavy (non-hydrogen) atoms. The van der Waals surface area contributed by atoms with Crippen LogP contribution >= 0.6 is 0 Å². The fraction of sp³-hybridized carbons (Fsp3) is 0.600. The minimum atomic E-state index is -1.70. The molecule has 0 spiro atoms. The average molecular weight is 549 g/mol. The van der Waals surface area contributed by atoms with Gasteiger partial charge in [0.2, 0.25) is 5.95 Å². The van der Waals surface area contributed by atoms with E-state index in [2.05, 4.69) is 15.3 Å². The second kappa shape index (κ2) is 10.8. The fourth-order valence-corrected chi connectivity index (χ4v) is 6.16. The molecule has 1 amide bonds. The molecule has 2 aromatic heterocycles. The van der Waals surface area contributed by atoms with Gasteiger partial charge in [-0.2, -0.15) is 0 Å². The van der Waals surface area contributed by atoms with Gasteiger partial charge in [0.05, 0.1) is 25.6 Å². The van der Waals surface area contributed by atoms with Crippen molar-refractivity contribution in [2.45, 2.75) is 56.7 Å². The summed E-state index contributed by atoms with van der Waals surface area (Å²) < 4.78 is 11.9. The zero-order valence-corrected chi connectivity index (χ0v) is 21.4. The Balaban J connectivity index is 0.00000289. The quantitative estimate of drug-likeness (QED) is 0.358. The average Bonchev–Trinajstić information content (AvgIpc) is 3.40. The monoisotopic (exact) mass is 548 g/mol. The van der Waals surface area contributed by atoms with E-state index in [1.807, 2.05) is 0 Å². The summed E-state index contributed by atoms with van der Waals surface area (Å²) in [5.41, 5.74) is -1.23. The lowest BCUT2D eigenvalue weighted by atomic mass is 9.74. The summed E-state index contributed by atoms with van der Waals surface area (Å²) in [6.45, 7) is 2.60. The molecule has 190 valence electrons. The number of fused-ring (bicyclic) bond motifs is 3. The molecule has 10 heteroatoms. The summed E-state index contributed by atoms with van der Waals surface area (Å²) in [4.78, 5) is 34.4. The molecular formula is C25H33BrN4O5. The number of halogens is 1. The van der Waals surface area contributed by atoms with Crippen molar-refractivity contribution in [1.29, 1.82) is 0 Å². The molecule has 1 saturated carbocycles. The van der Waals surface area contributed by atoms with E-state index >= 15 is 0 Å². The van der Waals surface area contributed by atoms with E-state index in [0.29, 0.717) is 22.5 Å². The third kappa shape index (κ3) is 5.29. The minimum Gasteiger partial charge on any atom is -1.00 e. The van der Waals surface area contributed by atoms with Gasteiger partial charge in [0.1, 0.15) is 6.54 Å². The van der Waals surface area contributed by atoms with Gasteiger partial charge in [-0.3, -0.25) is 10.1 Å². The van der Waals surface area contributed by atoms with E-state index in [4.69, 9.17) is 9.15 Å². The number of carbonyl (C=O) groups is 2. The largest absolute Gasteiger partial charge is 1.00 e. The number of nitrogens with one attached hydrogen (secondary N) is 1. The van der Waals surface area contributed by atoms with Crippen LogP contribution in [0, 0.1) is 11.8 Å². The Morgan fingerprint density at radius 1 is 1.14 bits per heavy atom. The topological polar surface area (TPSA) is 115 Å². The first-order chi connectivity index (χ1) is 16.5. The van der Waals surface area contributed by atoms with Crippen molar-refractivity contribution < 1.29 is 45.3 Å². The van der Waals surface area contributed by atoms with Crippen LogP contribution in [0.4, 0.5) is 5.95 Å². The van der Waals surface area contributed by atoms with Crippen LogP contribution in [0.5, 0.6) is 0 Å². The molecular weight excluding hydrogens is 516 g/mol. The minimum absolute atomic E-state index is 0. The van der Waals surface area contributed by atoms with Crippen molar-refractivity contribution >= 4 is 17.8 Å². The summed E-state index contributed by atoms with van der Waals surface area (Å²) >= 11 is 0. The highest BCUT2D eigenvalue weighted by Gasteiger charge is 2.53. The number of carbonyl (C=O) groups excluding carboxylic acids is 2. The van der Waals surface area contributed by atoms with Crippen LogP contribution in [0.3, 0.4) is 0 Å². The van der Waals surface area contributed by atoms with E-state index in [-0.39, 0.29) is 47.4 Å². The summed E-state index contributed by atoms with van der Waals surface area (Å²) in [5.74, 6) is -0.372. The predicted octanol–water partition coefficient (Wildman–Crippen LogP) is -0.368. The highest BCUT2D eigenvalue weighted by Crippen LogP contribution is 2.42. The number of nitrogens with zero attached hydrogens (tertiary/aromatic N) is 3. The van der Waals surface area contributed by atoms with Crippen molar-refractivity contribution in [3.63, 3.8) is 0 Å². The van der Waals surface area contributed by atoms with Gasteiger partial charge >= 0.3 is 5.97 Å². The maximum Gasteiger partial charge on any atom is 0.343 e. The molecule has 3 aliphatic heterocycles. The number of esters is 1. The number of anilines is 1. The standard InChI is InChI=1S/C25H32N4O5.BrH/c30-22(28-24-26-10-4-11-27-24)16-29-12-7-18(8-13-29)21(15-29)34-23(31)25(32,20-9-14-33-17-20)19-5-2-1-3-6-19;/h4,9-11,14,17-19,21,32H,1-3,5-8,12-13,15-16H2;1H/t18?,21?,25-,29?;/m1./s1. The van der Waals surface area contributed by atoms with E-state index in [1.54, 1.807) is 24.5 Å². The molecule has 4 fully saturated rings. The number of piperidine rings is 3. The molecule has 0 radical (unpaired) electrons. The van der Waals surface area contributed by atoms with Gasteiger partial charge in [-0.1, -0.05) is 19.3 Å². The van der Waals surface area contributed by atoms with E-state index in [9.17, 15) is 14.7 Å². The van der Waals surface area contributed by atoms with Crippen LogP contribution in [-0.4, -0.2) is 63.7 Å². The Labute approximate surface area is 215 Å². The van der Waals surface area contributed by atoms with Gasteiger partial charge < -0.3 is 35.7 Å². The first kappa shape index (κ1) is 25.8. The number of ether oxygens (including phenoxy) is 1. The number of aromatic nitrogens is 2. The maximum absolute atomic E-state index is 13.6. The molecule has 2 aromatic rings. The summed E-state index contributed by atoms with van der Waals surface area (Å²) in [6.07, 6.45) is 12.2. The van der Waals surface area contributed by atoms with E-state index in [0.717, 1.165) is 58.0 Å². The van der Waals surface area contributed by atoms with Crippen LogP contribution in [0.1, 0.15) is 50.5 Å². The summed E-state index contributed by atoms with van der Waals surface area (Å²) in [5, 5.41) is 14.5. The molecule has 4 aliphatic rings. The number of amides is 1. The number of hydrogen-bond acceptors (Lipinski definition) is 7. The number of hydrogen-bond donors (Lipinski definition) is 2. The van der Waals surface area contributed by atoms with Gasteiger partial charge in [0.25, 0.3) is 5.91 Å². The van der Waals surface area contributed by atoms with Gasteiger partial charge in [0.15, 0.2) is 18.2 Å². The Kier molecular flexibility index (Phi) is 7.92. The van der Waals surface area contributed by atoms with Crippen molar-refractivity contribution in [2.24, 2.45) is 11.8 Å². The van der Waals surface area contributed by atoms with Crippen molar-refractivity contribution in [3.8, 4) is 0 Å². The normalized spacial score (nSPS) is 27.9. The molecule has 2 atom stereocenters. The molecule has 3 saturated heterocycles. The van der Waals surface area contributed by atoms with Gasteiger partial charge in [-0.25, -0.2) is 14.8 Å². The zero-order chi connectivity index (χ0) is 23.6. The summed E-state index contributed by atoms with van der Waals surface area (Å²) in [6, 6.07) is 3.36. The smallest absolute Gasteiger partial charge is 0.343 e. The van der Waals surface area contributed by atoms with E-state index < -0.39 is 11.6 Å². The first-order valence-corrected chi connectivity index (χ1v) is 12.4. The second-order valence-electron chi connectivity index (χ2n) is 10.1. The van der Waals surface area contributed by atoms with Crippen LogP contribution in [-0.2, 0) is 19.9 Å². The van der Waals surface area contributed by atoms with Gasteiger partial charge in [0, 0.05) is 42.6 Å². The Bertz CT molecular complexity index is 991. The number of rotatable bonds is 7. The molecule has 2 bridgehead atoms. The Hall–Kier alpha value is -2.30. The van der Waals surface area contributed by atoms with Crippen LogP contribution in [0.15, 0.2) is 41.5 Å². The van der Waals surface area contributed by atoms with E-state index in [1.165, 1.54) is 12.5 Å². The molecule has 9 nitrogen and oxygen atoms in total. The van der Waals surface area contributed by atoms with Crippen molar-refractivity contribution in [3.05, 3.63) is 42.6 Å². The first-order valence-electron chi connectivity index (χ1n) is 12.4. The number of quaternary nitrogens is 1. The SMILES string of the molecule is O=C(C[N+]12CCC(CC1)C(OC(=O)[C@](O)(c1ccoc1)C1CCCCC1)C2)Nc1ncccn1.[Br-]. The Morgan fingerprint density at radius 3 is 2.51 bits per heavy atom. The predicted molar refractivity (Wildman–Crippen MR) is 122 cm³/mol. The third-order valence-corrected chi connectivity index (χ3v) is 8.06. The number of aliphatic hydroxyl groups is 1. The van der Waals surface area contributed by atoms with Gasteiger partial charge in [-0.15, -0.1) is 0 Å². The van der Waals surface area contributed by atoms with Gasteiger partial charge in [-0.05, 0) is 25.0 Å². The lowest BCUT2D eigenvalue weighted by Gasteiger charge is -2.52. The maximum atomic E-state index is 13.6. The van der Waals surface area contributed by atoms with Crippen molar-refractivity contribution in [1.82, 2.24) is 9.97 Å². The molecule has 5 heterocycles. The zero-order valence-electron chi connectivity index (χ0n) is 19.8. The summed E-state index contributed by atoms with van der Waals surface area (Å²) in [7, 11) is 0. The molecule has 6 rings (SSSR count). The fourth-order valence-electron chi connectivity index (χ4n) is 6.16. The van der Waals surface area contributed by atoms with Crippen LogP contribution in [0.2, 0.25) is 0 Å².